The maximum absolute atomic E-state index is 3.32. The summed E-state index contributed by atoms with van der Waals surface area (Å²) >= 11 is 3.32. The molecule has 1 rings (SSSR count). The number of hydrogen-bond donors (Lipinski definition) is 0. The summed E-state index contributed by atoms with van der Waals surface area (Å²) in [6.07, 6.45) is 3.88. The lowest BCUT2D eigenvalue weighted by molar-refractivity contribution is 0.698. The minimum atomic E-state index is -0.0854. The van der Waals surface area contributed by atoms with Gasteiger partial charge < -0.3 is 0 Å². The summed E-state index contributed by atoms with van der Waals surface area (Å²) in [6, 6.07) is 10.4. The number of alkyl halides is 1. The van der Waals surface area contributed by atoms with Crippen molar-refractivity contribution in [2.24, 2.45) is 0 Å². The van der Waals surface area contributed by atoms with Gasteiger partial charge in [-0.25, -0.2) is 0 Å². The van der Waals surface area contributed by atoms with Crippen LogP contribution in [0.5, 0.6) is 0 Å². The molecule has 0 spiro atoms. The number of benzene rings is 1. The average molecular weight is 263 g/mol. The minimum absolute atomic E-state index is 0.0854. The van der Waals surface area contributed by atoms with Crippen LogP contribution in [0.3, 0.4) is 0 Å². The van der Waals surface area contributed by atoms with Crippen LogP contribution in [0.1, 0.15) is 19.4 Å². The molecular formula is C14H15Br. The average Bonchev–Trinajstić information content (AvgIpc) is 2.26. The molecule has 1 heteroatoms. The summed E-state index contributed by atoms with van der Waals surface area (Å²) in [4.78, 5) is 0. The Morgan fingerprint density at radius 3 is 2.53 bits per heavy atom. The van der Waals surface area contributed by atoms with Crippen LogP contribution in [0, 0.1) is 11.8 Å². The van der Waals surface area contributed by atoms with E-state index in [4.69, 9.17) is 0 Å². The Hall–Kier alpha value is -1.00. The topological polar surface area (TPSA) is 0 Å². The molecule has 0 atom stereocenters. The van der Waals surface area contributed by atoms with Crippen LogP contribution in [0.4, 0.5) is 0 Å². The van der Waals surface area contributed by atoms with Crippen LogP contribution >= 0.6 is 15.9 Å². The van der Waals surface area contributed by atoms with Crippen molar-refractivity contribution in [3.63, 3.8) is 0 Å². The molecule has 0 N–H and O–H groups in total. The molecule has 0 aliphatic heterocycles. The molecule has 0 bridgehead atoms. The first-order chi connectivity index (χ1) is 7.17. The van der Waals surface area contributed by atoms with Crippen LogP contribution in [0.15, 0.2) is 42.5 Å². The number of allylic oxidation sites excluding steroid dienone is 2. The Bertz CT molecular complexity index is 377. The van der Waals surface area contributed by atoms with E-state index >= 15 is 0 Å². The highest BCUT2D eigenvalue weighted by Crippen LogP contribution is 2.21. The van der Waals surface area contributed by atoms with E-state index in [2.05, 4.69) is 53.8 Å². The van der Waals surface area contributed by atoms with E-state index in [1.807, 2.05) is 30.4 Å². The van der Waals surface area contributed by atoms with Crippen molar-refractivity contribution >= 4 is 15.9 Å². The predicted molar refractivity (Wildman–Crippen MR) is 70.2 cm³/mol. The highest BCUT2D eigenvalue weighted by atomic mass is 79.9. The first kappa shape index (κ1) is 12.1. The molecule has 78 valence electrons. The fourth-order valence-corrected chi connectivity index (χ4v) is 1.44. The minimum Gasteiger partial charge on any atom is -0.0883 e. The third-order valence-corrected chi connectivity index (χ3v) is 2.54. The Balaban J connectivity index is 2.83. The fourth-order valence-electron chi connectivity index (χ4n) is 1.25. The molecule has 0 nitrogen and oxygen atoms in total. The number of halogens is 1. The van der Waals surface area contributed by atoms with Gasteiger partial charge in [0, 0.05) is 5.33 Å². The predicted octanol–water partition coefficient (Wildman–Crippen LogP) is 3.92. The zero-order chi connectivity index (χ0) is 11.1. The smallest absolute Gasteiger partial charge is 0.0510 e. The highest BCUT2D eigenvalue weighted by Gasteiger charge is 2.15. The Kier molecular flexibility index (Phi) is 4.65. The molecule has 1 aromatic carbocycles. The zero-order valence-corrected chi connectivity index (χ0v) is 10.7. The van der Waals surface area contributed by atoms with Gasteiger partial charge >= 0.3 is 0 Å². The Labute approximate surface area is 101 Å². The van der Waals surface area contributed by atoms with Crippen molar-refractivity contribution in [1.82, 2.24) is 0 Å². The quantitative estimate of drug-likeness (QED) is 0.560. The van der Waals surface area contributed by atoms with Crippen molar-refractivity contribution in [2.45, 2.75) is 19.3 Å². The molecule has 0 saturated carbocycles. The second-order valence-corrected chi connectivity index (χ2v) is 4.46. The van der Waals surface area contributed by atoms with Gasteiger partial charge in [-0.3, -0.25) is 0 Å². The second kappa shape index (κ2) is 5.78. The van der Waals surface area contributed by atoms with Gasteiger partial charge in [0.2, 0.25) is 0 Å². The first-order valence-corrected chi connectivity index (χ1v) is 6.08. The third kappa shape index (κ3) is 3.93. The van der Waals surface area contributed by atoms with Gasteiger partial charge in [-0.15, -0.1) is 0 Å². The van der Waals surface area contributed by atoms with Crippen molar-refractivity contribution in [2.75, 3.05) is 5.33 Å². The maximum atomic E-state index is 3.32. The molecule has 1 aromatic rings. The van der Waals surface area contributed by atoms with Crippen LogP contribution in [0.2, 0.25) is 0 Å². The number of hydrogen-bond acceptors (Lipinski definition) is 0. The molecule has 0 aliphatic carbocycles. The van der Waals surface area contributed by atoms with E-state index in [0.29, 0.717) is 0 Å². The SMILES string of the molecule is CC(C)(C#C/C=C\CBr)c1ccccc1. The zero-order valence-electron chi connectivity index (χ0n) is 9.13. The van der Waals surface area contributed by atoms with Crippen molar-refractivity contribution < 1.29 is 0 Å². The molecule has 0 heterocycles. The van der Waals surface area contributed by atoms with Crippen LogP contribution < -0.4 is 0 Å². The normalized spacial score (nSPS) is 11.1. The lowest BCUT2D eigenvalue weighted by atomic mass is 9.85. The first-order valence-electron chi connectivity index (χ1n) is 4.96. The third-order valence-electron chi connectivity index (χ3n) is 2.17. The largest absolute Gasteiger partial charge is 0.0883 e. The van der Waals surface area contributed by atoms with Crippen LogP contribution in [-0.4, -0.2) is 5.33 Å². The van der Waals surface area contributed by atoms with Gasteiger partial charge in [0.25, 0.3) is 0 Å². The molecule has 0 aromatic heterocycles. The molecule has 15 heavy (non-hydrogen) atoms. The van der Waals surface area contributed by atoms with E-state index in [-0.39, 0.29) is 5.41 Å². The molecular weight excluding hydrogens is 248 g/mol. The van der Waals surface area contributed by atoms with Crippen LogP contribution in [0.25, 0.3) is 0 Å². The summed E-state index contributed by atoms with van der Waals surface area (Å²) in [7, 11) is 0. The lowest BCUT2D eigenvalue weighted by Crippen LogP contribution is -2.13. The van der Waals surface area contributed by atoms with Crippen molar-refractivity contribution in [3.05, 3.63) is 48.0 Å². The second-order valence-electron chi connectivity index (χ2n) is 3.82. The van der Waals surface area contributed by atoms with E-state index in [0.717, 1.165) is 5.33 Å². The maximum Gasteiger partial charge on any atom is 0.0510 e. The van der Waals surface area contributed by atoms with Crippen LogP contribution in [-0.2, 0) is 5.41 Å². The summed E-state index contributed by atoms with van der Waals surface area (Å²) in [5.41, 5.74) is 1.17. The molecule has 0 saturated heterocycles. The molecule has 0 unspecified atom stereocenters. The van der Waals surface area contributed by atoms with Gasteiger partial charge in [0.05, 0.1) is 5.41 Å². The molecule has 0 aliphatic rings. The standard InChI is InChI=1S/C14H15Br/c1-14(2,11-7-4-8-12-15)13-9-5-3-6-10-13/h3-6,8-10H,12H2,1-2H3/b8-4-. The van der Waals surface area contributed by atoms with E-state index in [9.17, 15) is 0 Å². The van der Waals surface area contributed by atoms with E-state index in [1.54, 1.807) is 0 Å². The highest BCUT2D eigenvalue weighted by molar-refractivity contribution is 9.09. The summed E-state index contributed by atoms with van der Waals surface area (Å²) < 4.78 is 0. The van der Waals surface area contributed by atoms with E-state index < -0.39 is 0 Å². The molecule has 0 amide bonds. The summed E-state index contributed by atoms with van der Waals surface area (Å²) in [6.45, 7) is 4.27. The van der Waals surface area contributed by atoms with Crippen molar-refractivity contribution in [3.8, 4) is 11.8 Å². The monoisotopic (exact) mass is 262 g/mol. The summed E-state index contributed by atoms with van der Waals surface area (Å²) in [5, 5.41) is 0.855. The van der Waals surface area contributed by atoms with Gasteiger partial charge in [-0.05, 0) is 25.5 Å². The molecule has 0 radical (unpaired) electrons. The van der Waals surface area contributed by atoms with Gasteiger partial charge in [-0.1, -0.05) is 64.2 Å². The van der Waals surface area contributed by atoms with Gasteiger partial charge in [-0.2, -0.15) is 0 Å². The van der Waals surface area contributed by atoms with Gasteiger partial charge in [0.1, 0.15) is 0 Å². The lowest BCUT2D eigenvalue weighted by Gasteiger charge is -2.17. The number of rotatable bonds is 2. The van der Waals surface area contributed by atoms with E-state index in [1.165, 1.54) is 5.56 Å². The van der Waals surface area contributed by atoms with Gasteiger partial charge in [0.15, 0.2) is 0 Å². The summed E-state index contributed by atoms with van der Waals surface area (Å²) in [5.74, 6) is 6.32. The fraction of sp³-hybridized carbons (Fsp3) is 0.286. The Morgan fingerprint density at radius 1 is 1.27 bits per heavy atom. The Morgan fingerprint density at radius 2 is 1.93 bits per heavy atom. The molecule has 0 fully saturated rings. The van der Waals surface area contributed by atoms with Crippen molar-refractivity contribution in [1.29, 1.82) is 0 Å².